The first-order chi connectivity index (χ1) is 6.60. The molecule has 0 aliphatic heterocycles. The molecule has 0 radical (unpaired) electrons. The molecule has 0 amide bonds. The van der Waals surface area contributed by atoms with Crippen LogP contribution in [0.25, 0.3) is 0 Å². The number of thioether (sulfide) groups is 1. The van der Waals surface area contributed by atoms with Gasteiger partial charge in [-0.05, 0) is 18.4 Å². The quantitative estimate of drug-likeness (QED) is 0.641. The molecule has 0 spiro atoms. The Kier molecular flexibility index (Phi) is 4.11. The highest BCUT2D eigenvalue weighted by atomic mass is 35.5. The zero-order valence-corrected chi connectivity index (χ0v) is 10.1. The lowest BCUT2D eigenvalue weighted by molar-refractivity contribution is 0.414. The van der Waals surface area contributed by atoms with E-state index >= 15 is 0 Å². The van der Waals surface area contributed by atoms with Crippen LogP contribution in [0.4, 0.5) is 0 Å². The predicted molar refractivity (Wildman–Crippen MR) is 63.4 cm³/mol. The lowest BCUT2D eigenvalue weighted by Crippen LogP contribution is -1.98. The van der Waals surface area contributed by atoms with Gasteiger partial charge in [0.25, 0.3) is 0 Å². The number of ether oxygens (including phenoxy) is 1. The molecule has 1 rings (SSSR count). The van der Waals surface area contributed by atoms with Crippen molar-refractivity contribution < 1.29 is 4.74 Å². The summed E-state index contributed by atoms with van der Waals surface area (Å²) in [6.07, 6.45) is 1.82. The number of hydrogen-bond acceptors (Lipinski definition) is 3. The monoisotopic (exact) mass is 249 g/mol. The zero-order chi connectivity index (χ0) is 10.7. The van der Waals surface area contributed by atoms with Gasteiger partial charge >= 0.3 is 0 Å². The molecule has 0 saturated carbocycles. The van der Waals surface area contributed by atoms with E-state index in [1.54, 1.807) is 12.1 Å². The molecule has 76 valence electrons. The maximum Gasteiger partial charge on any atom is 0.147 e. The molecule has 0 aromatic heterocycles. The molecular formula is C9H9Cl2NOS. The lowest BCUT2D eigenvalue weighted by Gasteiger charge is -2.10. The van der Waals surface area contributed by atoms with Gasteiger partial charge in [0.2, 0.25) is 0 Å². The summed E-state index contributed by atoms with van der Waals surface area (Å²) in [5, 5.41) is 8.99. The predicted octanol–water partition coefficient (Wildman–Crippen LogP) is 3.69. The summed E-state index contributed by atoms with van der Waals surface area (Å²) < 4.78 is 5.11. The SMILES string of the molecule is COc1c(Cl)cc(Cl)cc1C(=N)SC. The summed E-state index contributed by atoms with van der Waals surface area (Å²) in [7, 11) is 1.52. The Morgan fingerprint density at radius 2 is 2.07 bits per heavy atom. The van der Waals surface area contributed by atoms with Crippen molar-refractivity contribution in [2.75, 3.05) is 13.4 Å². The van der Waals surface area contributed by atoms with Crippen LogP contribution in [0, 0.1) is 5.41 Å². The third-order valence-electron chi connectivity index (χ3n) is 1.66. The van der Waals surface area contributed by atoms with Crippen molar-refractivity contribution in [1.29, 1.82) is 5.41 Å². The second-order valence-corrected chi connectivity index (χ2v) is 4.16. The summed E-state index contributed by atoms with van der Waals surface area (Å²) in [5.74, 6) is 0.496. The molecule has 14 heavy (non-hydrogen) atoms. The lowest BCUT2D eigenvalue weighted by atomic mass is 10.2. The van der Waals surface area contributed by atoms with Gasteiger partial charge in [-0.2, -0.15) is 0 Å². The van der Waals surface area contributed by atoms with Crippen molar-refractivity contribution in [2.24, 2.45) is 0 Å². The van der Waals surface area contributed by atoms with Crippen molar-refractivity contribution in [3.8, 4) is 5.75 Å². The first-order valence-electron chi connectivity index (χ1n) is 3.76. The Bertz CT molecular complexity index is 368. The second-order valence-electron chi connectivity index (χ2n) is 2.50. The van der Waals surface area contributed by atoms with Crippen LogP contribution in [0.5, 0.6) is 5.75 Å². The van der Waals surface area contributed by atoms with Gasteiger partial charge in [0.1, 0.15) is 5.75 Å². The van der Waals surface area contributed by atoms with E-state index in [2.05, 4.69) is 0 Å². The van der Waals surface area contributed by atoms with Gasteiger partial charge in [-0.1, -0.05) is 23.2 Å². The Morgan fingerprint density at radius 1 is 1.43 bits per heavy atom. The average Bonchev–Trinajstić information content (AvgIpc) is 2.15. The molecule has 0 fully saturated rings. The fourth-order valence-corrected chi connectivity index (χ4v) is 1.99. The molecular weight excluding hydrogens is 241 g/mol. The van der Waals surface area contributed by atoms with E-state index in [0.717, 1.165) is 0 Å². The molecule has 0 heterocycles. The normalized spacial score (nSPS) is 10.0. The summed E-state index contributed by atoms with van der Waals surface area (Å²) in [6.45, 7) is 0. The van der Waals surface area contributed by atoms with E-state index in [-0.39, 0.29) is 0 Å². The summed E-state index contributed by atoms with van der Waals surface area (Å²) in [5.41, 5.74) is 0.623. The average molecular weight is 250 g/mol. The smallest absolute Gasteiger partial charge is 0.147 e. The van der Waals surface area contributed by atoms with Crippen LogP contribution in [-0.4, -0.2) is 18.4 Å². The third-order valence-corrected chi connectivity index (χ3v) is 2.79. The van der Waals surface area contributed by atoms with E-state index in [4.69, 9.17) is 33.3 Å². The Balaban J connectivity index is 3.32. The molecule has 0 saturated heterocycles. The minimum Gasteiger partial charge on any atom is -0.494 e. The van der Waals surface area contributed by atoms with Gasteiger partial charge in [-0.15, -0.1) is 11.8 Å². The highest BCUT2D eigenvalue weighted by molar-refractivity contribution is 8.13. The van der Waals surface area contributed by atoms with Crippen molar-refractivity contribution in [3.63, 3.8) is 0 Å². The highest BCUT2D eigenvalue weighted by Gasteiger charge is 2.12. The van der Waals surface area contributed by atoms with Gasteiger partial charge in [0, 0.05) is 5.02 Å². The molecule has 0 aliphatic carbocycles. The van der Waals surface area contributed by atoms with Crippen molar-refractivity contribution >= 4 is 40.0 Å². The van der Waals surface area contributed by atoms with Crippen LogP contribution < -0.4 is 4.74 Å². The van der Waals surface area contributed by atoms with Crippen molar-refractivity contribution in [1.82, 2.24) is 0 Å². The molecule has 2 nitrogen and oxygen atoms in total. The van der Waals surface area contributed by atoms with E-state index in [1.807, 2.05) is 6.26 Å². The number of rotatable bonds is 2. The molecule has 0 bridgehead atoms. The first kappa shape index (κ1) is 11.7. The molecule has 0 aliphatic rings. The van der Waals surface area contributed by atoms with Crippen LogP contribution in [0.1, 0.15) is 5.56 Å². The van der Waals surface area contributed by atoms with E-state index in [9.17, 15) is 0 Å². The van der Waals surface area contributed by atoms with Gasteiger partial charge in [-0.3, -0.25) is 5.41 Å². The highest BCUT2D eigenvalue weighted by Crippen LogP contribution is 2.33. The van der Waals surface area contributed by atoms with E-state index in [1.165, 1.54) is 18.9 Å². The number of nitrogens with one attached hydrogen (secondary N) is 1. The standard InChI is InChI=1S/C9H9Cl2NOS/c1-13-8-6(9(12)14-2)3-5(10)4-7(8)11/h3-4,12H,1-2H3. The fraction of sp³-hybridized carbons (Fsp3) is 0.222. The minimum absolute atomic E-state index is 0.381. The van der Waals surface area contributed by atoms with Gasteiger partial charge < -0.3 is 4.74 Å². The van der Waals surface area contributed by atoms with Crippen LogP contribution in [0.2, 0.25) is 10.0 Å². The summed E-state index contributed by atoms with van der Waals surface area (Å²) in [6, 6.07) is 3.27. The molecule has 1 aromatic rings. The molecule has 0 atom stereocenters. The van der Waals surface area contributed by atoms with Crippen LogP contribution >= 0.6 is 35.0 Å². The number of methoxy groups -OCH3 is 1. The largest absolute Gasteiger partial charge is 0.494 e. The third kappa shape index (κ3) is 2.35. The number of halogens is 2. The van der Waals surface area contributed by atoms with Gasteiger partial charge in [-0.25, -0.2) is 0 Å². The fourth-order valence-electron chi connectivity index (χ4n) is 1.05. The second kappa shape index (κ2) is 4.91. The molecule has 5 heteroatoms. The zero-order valence-electron chi connectivity index (χ0n) is 7.73. The number of hydrogen-bond donors (Lipinski definition) is 1. The van der Waals surface area contributed by atoms with Gasteiger partial charge in [0.15, 0.2) is 0 Å². The van der Waals surface area contributed by atoms with Crippen LogP contribution in [0.15, 0.2) is 12.1 Å². The summed E-state index contributed by atoms with van der Waals surface area (Å²) in [4.78, 5) is 0. The van der Waals surface area contributed by atoms with E-state index < -0.39 is 0 Å². The molecule has 1 N–H and O–H groups in total. The van der Waals surface area contributed by atoms with E-state index in [0.29, 0.717) is 26.4 Å². The van der Waals surface area contributed by atoms with Crippen LogP contribution in [0.3, 0.4) is 0 Å². The van der Waals surface area contributed by atoms with Crippen LogP contribution in [-0.2, 0) is 0 Å². The van der Waals surface area contributed by atoms with Crippen molar-refractivity contribution in [3.05, 3.63) is 27.7 Å². The molecule has 0 unspecified atom stereocenters. The van der Waals surface area contributed by atoms with Gasteiger partial charge in [0.05, 0.1) is 22.7 Å². The summed E-state index contributed by atoms with van der Waals surface area (Å²) >= 11 is 13.1. The maximum absolute atomic E-state index is 7.68. The van der Waals surface area contributed by atoms with Crippen molar-refractivity contribution in [2.45, 2.75) is 0 Å². The Morgan fingerprint density at radius 3 is 2.57 bits per heavy atom. The Hall–Kier alpha value is -0.380. The Labute approximate surface area is 97.1 Å². The minimum atomic E-state index is 0.381. The number of benzene rings is 1. The maximum atomic E-state index is 7.68. The molecule has 1 aromatic carbocycles. The topological polar surface area (TPSA) is 33.1 Å². The first-order valence-corrected chi connectivity index (χ1v) is 5.74.